The molecule has 3 aromatic heterocycles. The lowest BCUT2D eigenvalue weighted by atomic mass is 10.2. The zero-order valence-corrected chi connectivity index (χ0v) is 14.5. The van der Waals surface area contributed by atoms with Crippen molar-refractivity contribution in [2.75, 3.05) is 5.32 Å². The van der Waals surface area contributed by atoms with Crippen molar-refractivity contribution in [1.29, 1.82) is 0 Å². The molecule has 130 valence electrons. The number of H-pyrrole nitrogens is 1. The number of amides is 1. The van der Waals surface area contributed by atoms with E-state index in [1.54, 1.807) is 12.3 Å². The quantitative estimate of drug-likeness (QED) is 0.593. The number of carbonyl (C=O) groups is 1. The van der Waals surface area contributed by atoms with E-state index in [2.05, 4.69) is 37.0 Å². The van der Waals surface area contributed by atoms with Crippen molar-refractivity contribution < 1.29 is 4.79 Å². The molecule has 1 amide bonds. The maximum Gasteiger partial charge on any atom is 0.273 e. The number of rotatable bonds is 4. The largest absolute Gasteiger partial charge is 0.329 e. The highest BCUT2D eigenvalue weighted by molar-refractivity contribution is 6.04. The van der Waals surface area contributed by atoms with E-state index in [-0.39, 0.29) is 5.91 Å². The first kappa shape index (κ1) is 16.0. The summed E-state index contributed by atoms with van der Waals surface area (Å²) in [4.78, 5) is 21.3. The van der Waals surface area contributed by atoms with Crippen LogP contribution in [-0.4, -0.2) is 30.6 Å². The molecule has 0 bridgehead atoms. The van der Waals surface area contributed by atoms with Crippen LogP contribution in [-0.2, 0) is 6.54 Å². The number of hydrogen-bond donors (Lipinski definition) is 2. The second kappa shape index (κ2) is 6.44. The van der Waals surface area contributed by atoms with Gasteiger partial charge in [0.25, 0.3) is 5.91 Å². The number of hydrogen-bond acceptors (Lipinski definition) is 4. The molecule has 1 aromatic carbocycles. The summed E-state index contributed by atoms with van der Waals surface area (Å²) < 4.78 is 2.13. The molecule has 2 N–H and O–H groups in total. The molecule has 0 spiro atoms. The molecule has 0 atom stereocenters. The Hall–Kier alpha value is -3.48. The summed E-state index contributed by atoms with van der Waals surface area (Å²) in [5, 5.41) is 9.81. The van der Waals surface area contributed by atoms with Crippen LogP contribution in [0.25, 0.3) is 22.4 Å². The number of aromatic amines is 1. The lowest BCUT2D eigenvalue weighted by molar-refractivity contribution is 0.102. The summed E-state index contributed by atoms with van der Waals surface area (Å²) in [6, 6.07) is 13.0. The average molecular weight is 346 g/mol. The molecular formula is C19H18N6O. The van der Waals surface area contributed by atoms with Gasteiger partial charge in [0.15, 0.2) is 0 Å². The third kappa shape index (κ3) is 2.83. The highest BCUT2D eigenvalue weighted by Gasteiger charge is 2.13. The molecule has 4 aromatic rings. The van der Waals surface area contributed by atoms with Crippen molar-refractivity contribution in [2.45, 2.75) is 20.4 Å². The predicted molar refractivity (Wildman–Crippen MR) is 99.9 cm³/mol. The summed E-state index contributed by atoms with van der Waals surface area (Å²) in [7, 11) is 0. The van der Waals surface area contributed by atoms with Gasteiger partial charge in [-0.1, -0.05) is 6.07 Å². The van der Waals surface area contributed by atoms with Crippen molar-refractivity contribution in [3.05, 3.63) is 60.2 Å². The minimum absolute atomic E-state index is 0.259. The number of aromatic nitrogens is 5. The minimum Gasteiger partial charge on any atom is -0.329 e. The third-order valence-electron chi connectivity index (χ3n) is 4.26. The topological polar surface area (TPSA) is 88.5 Å². The number of fused-ring (bicyclic) bond motifs is 1. The smallest absolute Gasteiger partial charge is 0.273 e. The van der Waals surface area contributed by atoms with Crippen molar-refractivity contribution >= 4 is 22.6 Å². The van der Waals surface area contributed by atoms with Crippen molar-refractivity contribution in [1.82, 2.24) is 24.7 Å². The van der Waals surface area contributed by atoms with Gasteiger partial charge in [0.05, 0.1) is 16.7 Å². The molecule has 4 rings (SSSR count). The highest BCUT2D eigenvalue weighted by Crippen LogP contribution is 2.21. The number of nitrogens with one attached hydrogen (secondary N) is 2. The molecule has 0 fully saturated rings. The molecule has 0 saturated carbocycles. The first-order valence-corrected chi connectivity index (χ1v) is 8.40. The summed E-state index contributed by atoms with van der Waals surface area (Å²) in [5.41, 5.74) is 4.33. The van der Waals surface area contributed by atoms with Gasteiger partial charge in [-0.2, -0.15) is 5.10 Å². The van der Waals surface area contributed by atoms with Crippen LogP contribution in [0.1, 0.15) is 23.2 Å². The fourth-order valence-electron chi connectivity index (χ4n) is 3.01. The van der Waals surface area contributed by atoms with Crippen LogP contribution >= 0.6 is 0 Å². The molecule has 26 heavy (non-hydrogen) atoms. The number of benzene rings is 1. The van der Waals surface area contributed by atoms with Crippen LogP contribution in [0.2, 0.25) is 0 Å². The van der Waals surface area contributed by atoms with E-state index in [1.165, 1.54) is 0 Å². The van der Waals surface area contributed by atoms with Crippen LogP contribution in [0.4, 0.5) is 5.69 Å². The summed E-state index contributed by atoms with van der Waals surface area (Å²) in [5.74, 6) is 0.699. The van der Waals surface area contributed by atoms with Crippen LogP contribution in [0.15, 0.2) is 48.7 Å². The molecular weight excluding hydrogens is 328 g/mol. The van der Waals surface area contributed by atoms with Gasteiger partial charge in [0.1, 0.15) is 17.2 Å². The molecule has 0 radical (unpaired) electrons. The first-order chi connectivity index (χ1) is 12.7. The predicted octanol–water partition coefficient (Wildman–Crippen LogP) is 3.40. The van der Waals surface area contributed by atoms with E-state index < -0.39 is 0 Å². The zero-order valence-electron chi connectivity index (χ0n) is 14.5. The molecule has 7 heteroatoms. The minimum atomic E-state index is -0.259. The first-order valence-electron chi connectivity index (χ1n) is 8.40. The van der Waals surface area contributed by atoms with E-state index in [0.717, 1.165) is 23.4 Å². The van der Waals surface area contributed by atoms with Gasteiger partial charge in [-0.15, -0.1) is 0 Å². The number of carbonyl (C=O) groups excluding carboxylic acids is 1. The lowest BCUT2D eigenvalue weighted by Crippen LogP contribution is -2.12. The number of aryl methyl sites for hydroxylation is 2. The van der Waals surface area contributed by atoms with Crippen LogP contribution in [0, 0.1) is 6.92 Å². The lowest BCUT2D eigenvalue weighted by Gasteiger charge is -2.05. The fraction of sp³-hybridized carbons (Fsp3) is 0.158. The molecule has 0 unspecified atom stereocenters. The van der Waals surface area contributed by atoms with Gasteiger partial charge >= 0.3 is 0 Å². The van der Waals surface area contributed by atoms with E-state index in [9.17, 15) is 4.79 Å². The Labute approximate surface area is 150 Å². The van der Waals surface area contributed by atoms with Gasteiger partial charge in [0.2, 0.25) is 0 Å². The number of pyridine rings is 1. The van der Waals surface area contributed by atoms with E-state index in [0.29, 0.717) is 22.8 Å². The Balaban J connectivity index is 1.57. The SMILES string of the molecule is CCn1c(C)nc2cc(NC(=O)c3cc(-c4ccccn4)n[nH]3)ccc21. The fourth-order valence-corrected chi connectivity index (χ4v) is 3.01. The molecule has 0 aliphatic rings. The van der Waals surface area contributed by atoms with Crippen molar-refractivity contribution in [3.8, 4) is 11.4 Å². The van der Waals surface area contributed by atoms with Crippen LogP contribution in [0.5, 0.6) is 0 Å². The number of nitrogens with zero attached hydrogens (tertiary/aromatic N) is 4. The Morgan fingerprint density at radius 3 is 2.85 bits per heavy atom. The van der Waals surface area contributed by atoms with E-state index in [1.807, 2.05) is 43.3 Å². The standard InChI is InChI=1S/C19H18N6O/c1-3-25-12(2)21-16-10-13(7-8-18(16)25)22-19(26)17-11-15(23-24-17)14-6-4-5-9-20-14/h4-11H,3H2,1-2H3,(H,22,26)(H,23,24). The van der Waals surface area contributed by atoms with E-state index in [4.69, 9.17) is 0 Å². The normalized spacial score (nSPS) is 11.0. The Morgan fingerprint density at radius 2 is 2.08 bits per heavy atom. The van der Waals surface area contributed by atoms with E-state index >= 15 is 0 Å². The molecule has 3 heterocycles. The number of anilines is 1. The Morgan fingerprint density at radius 1 is 1.19 bits per heavy atom. The van der Waals surface area contributed by atoms with Gasteiger partial charge in [-0.25, -0.2) is 4.98 Å². The van der Waals surface area contributed by atoms with Gasteiger partial charge in [-0.05, 0) is 50.2 Å². The van der Waals surface area contributed by atoms with Gasteiger partial charge < -0.3 is 9.88 Å². The molecule has 0 saturated heterocycles. The third-order valence-corrected chi connectivity index (χ3v) is 4.26. The second-order valence-electron chi connectivity index (χ2n) is 5.94. The van der Waals surface area contributed by atoms with Crippen molar-refractivity contribution in [3.63, 3.8) is 0 Å². The summed E-state index contributed by atoms with van der Waals surface area (Å²) >= 11 is 0. The Kier molecular flexibility index (Phi) is 3.96. The second-order valence-corrected chi connectivity index (χ2v) is 5.94. The summed E-state index contributed by atoms with van der Waals surface area (Å²) in [6.45, 7) is 4.92. The Bertz CT molecular complexity index is 1080. The zero-order chi connectivity index (χ0) is 18.1. The van der Waals surface area contributed by atoms with Gasteiger partial charge in [0, 0.05) is 18.4 Å². The molecule has 0 aliphatic heterocycles. The average Bonchev–Trinajstić information content (AvgIpc) is 3.26. The van der Waals surface area contributed by atoms with Crippen molar-refractivity contribution in [2.24, 2.45) is 0 Å². The van der Waals surface area contributed by atoms with Crippen LogP contribution in [0.3, 0.4) is 0 Å². The molecule has 0 aliphatic carbocycles. The number of imidazole rings is 1. The van der Waals surface area contributed by atoms with Gasteiger partial charge in [-0.3, -0.25) is 14.9 Å². The van der Waals surface area contributed by atoms with Crippen LogP contribution < -0.4 is 5.32 Å². The maximum atomic E-state index is 12.5. The highest BCUT2D eigenvalue weighted by atomic mass is 16.1. The maximum absolute atomic E-state index is 12.5. The molecule has 7 nitrogen and oxygen atoms in total. The monoisotopic (exact) mass is 346 g/mol. The summed E-state index contributed by atoms with van der Waals surface area (Å²) in [6.07, 6.45) is 1.69.